The van der Waals surface area contributed by atoms with Gasteiger partial charge in [-0.1, -0.05) is 30.3 Å². The van der Waals surface area contributed by atoms with Crippen LogP contribution >= 0.6 is 0 Å². The molecule has 0 saturated carbocycles. The average molecular weight is 409 g/mol. The predicted octanol–water partition coefficient (Wildman–Crippen LogP) is 2.96. The molecule has 1 saturated heterocycles. The van der Waals surface area contributed by atoms with Gasteiger partial charge in [0.1, 0.15) is 5.82 Å². The van der Waals surface area contributed by atoms with Gasteiger partial charge in [-0.05, 0) is 25.5 Å². The highest BCUT2D eigenvalue weighted by atomic mass is 16.5. The molecule has 1 amide bonds. The number of anilines is 1. The second-order valence-corrected chi connectivity index (χ2v) is 7.14. The fourth-order valence-corrected chi connectivity index (χ4v) is 3.45. The summed E-state index contributed by atoms with van der Waals surface area (Å²) in [5.41, 5.74) is 1.07. The number of aromatic nitrogens is 1. The number of Topliss-reactive ketones (excluding diaryl/α,β-unsaturated/α-hetero) is 1. The van der Waals surface area contributed by atoms with Gasteiger partial charge in [0.05, 0.1) is 12.2 Å². The summed E-state index contributed by atoms with van der Waals surface area (Å²) in [6.07, 6.45) is 2.79. The van der Waals surface area contributed by atoms with E-state index in [1.54, 1.807) is 25.1 Å². The average Bonchev–Trinajstić information content (AvgIpc) is 3.04. The van der Waals surface area contributed by atoms with E-state index in [0.717, 1.165) is 18.8 Å². The van der Waals surface area contributed by atoms with E-state index in [2.05, 4.69) is 9.88 Å². The number of hydrogen-bond donors (Lipinski definition) is 0. The second-order valence-electron chi connectivity index (χ2n) is 7.14. The van der Waals surface area contributed by atoms with Gasteiger partial charge in [0, 0.05) is 50.8 Å². The van der Waals surface area contributed by atoms with Gasteiger partial charge >= 0.3 is 5.97 Å². The second kappa shape index (κ2) is 10.5. The van der Waals surface area contributed by atoms with Crippen LogP contribution in [0.4, 0.5) is 5.82 Å². The Balaban J connectivity index is 1.51. The molecule has 1 aliphatic rings. The zero-order valence-electron chi connectivity index (χ0n) is 17.3. The highest BCUT2D eigenvalue weighted by molar-refractivity contribution is 5.97. The lowest BCUT2D eigenvalue weighted by atomic mass is 10.1. The lowest BCUT2D eigenvalue weighted by molar-refractivity contribution is -0.130. The molecule has 0 bridgehead atoms. The zero-order chi connectivity index (χ0) is 21.3. The standard InChI is InChI=1S/C23H27N3O4/c1-2-30-23(29)19-9-11-21(24-17-19)25-13-6-14-26(16-15-25)22(28)12-10-20(27)18-7-4-3-5-8-18/h3-5,7-9,11,17H,2,6,10,12-16H2,1H3. The van der Waals surface area contributed by atoms with Gasteiger partial charge in [0.15, 0.2) is 5.78 Å². The van der Waals surface area contributed by atoms with E-state index in [9.17, 15) is 14.4 Å². The van der Waals surface area contributed by atoms with Crippen LogP contribution in [0.5, 0.6) is 0 Å². The van der Waals surface area contributed by atoms with Crippen molar-refractivity contribution in [1.29, 1.82) is 0 Å². The summed E-state index contributed by atoms with van der Waals surface area (Å²) in [6, 6.07) is 12.6. The zero-order valence-corrected chi connectivity index (χ0v) is 17.3. The Morgan fingerprint density at radius 2 is 1.73 bits per heavy atom. The minimum absolute atomic E-state index is 0.00625. The van der Waals surface area contributed by atoms with Gasteiger partial charge < -0.3 is 14.5 Å². The van der Waals surface area contributed by atoms with Crippen LogP contribution in [0.25, 0.3) is 0 Å². The summed E-state index contributed by atoms with van der Waals surface area (Å²) < 4.78 is 4.98. The van der Waals surface area contributed by atoms with E-state index in [1.165, 1.54) is 6.20 Å². The minimum atomic E-state index is -0.380. The number of benzene rings is 1. The maximum absolute atomic E-state index is 12.6. The van der Waals surface area contributed by atoms with Gasteiger partial charge in [0.2, 0.25) is 5.91 Å². The number of pyridine rings is 1. The monoisotopic (exact) mass is 409 g/mol. The van der Waals surface area contributed by atoms with Gasteiger partial charge in [-0.2, -0.15) is 0 Å². The van der Waals surface area contributed by atoms with Crippen molar-refractivity contribution in [3.63, 3.8) is 0 Å². The molecule has 7 nitrogen and oxygen atoms in total. The van der Waals surface area contributed by atoms with Crippen molar-refractivity contribution >= 4 is 23.5 Å². The Morgan fingerprint density at radius 3 is 2.43 bits per heavy atom. The molecule has 0 spiro atoms. The molecule has 0 radical (unpaired) electrons. The lowest BCUT2D eigenvalue weighted by Crippen LogP contribution is -2.35. The normalized spacial score (nSPS) is 14.2. The summed E-state index contributed by atoms with van der Waals surface area (Å²) in [6.45, 7) is 4.77. The van der Waals surface area contributed by atoms with E-state index in [1.807, 2.05) is 29.2 Å². The highest BCUT2D eigenvalue weighted by Gasteiger charge is 2.21. The summed E-state index contributed by atoms with van der Waals surface area (Å²) >= 11 is 0. The van der Waals surface area contributed by atoms with E-state index >= 15 is 0 Å². The molecular formula is C23H27N3O4. The summed E-state index contributed by atoms with van der Waals surface area (Å²) in [5.74, 6) is 0.392. The number of rotatable bonds is 7. The van der Waals surface area contributed by atoms with Crippen molar-refractivity contribution in [1.82, 2.24) is 9.88 Å². The number of esters is 1. The molecule has 1 fully saturated rings. The third-order valence-corrected chi connectivity index (χ3v) is 5.09. The third-order valence-electron chi connectivity index (χ3n) is 5.09. The van der Waals surface area contributed by atoms with Crippen LogP contribution < -0.4 is 4.90 Å². The molecule has 1 aromatic heterocycles. The maximum atomic E-state index is 12.6. The topological polar surface area (TPSA) is 79.8 Å². The van der Waals surface area contributed by atoms with Crippen LogP contribution in [0.1, 0.15) is 46.9 Å². The number of carbonyl (C=O) groups is 3. The number of nitrogens with zero attached hydrogens (tertiary/aromatic N) is 3. The Hall–Kier alpha value is -3.22. The van der Waals surface area contributed by atoms with Gasteiger partial charge in [-0.15, -0.1) is 0 Å². The first kappa shape index (κ1) is 21.5. The molecule has 30 heavy (non-hydrogen) atoms. The first-order valence-corrected chi connectivity index (χ1v) is 10.3. The molecule has 0 N–H and O–H groups in total. The summed E-state index contributed by atoms with van der Waals surface area (Å²) in [7, 11) is 0. The van der Waals surface area contributed by atoms with E-state index in [4.69, 9.17) is 4.74 Å². The number of ketones is 1. The van der Waals surface area contributed by atoms with Crippen LogP contribution in [0.3, 0.4) is 0 Å². The fourth-order valence-electron chi connectivity index (χ4n) is 3.45. The van der Waals surface area contributed by atoms with E-state index in [-0.39, 0.29) is 30.5 Å². The van der Waals surface area contributed by atoms with Gasteiger partial charge in [0.25, 0.3) is 0 Å². The van der Waals surface area contributed by atoms with E-state index in [0.29, 0.717) is 37.4 Å². The molecule has 0 aliphatic carbocycles. The molecule has 2 heterocycles. The van der Waals surface area contributed by atoms with Gasteiger partial charge in [-0.25, -0.2) is 9.78 Å². The van der Waals surface area contributed by atoms with Crippen LogP contribution in [0, 0.1) is 0 Å². The number of hydrogen-bond acceptors (Lipinski definition) is 6. The maximum Gasteiger partial charge on any atom is 0.339 e. The lowest BCUT2D eigenvalue weighted by Gasteiger charge is -2.23. The number of carbonyl (C=O) groups excluding carboxylic acids is 3. The van der Waals surface area contributed by atoms with Crippen molar-refractivity contribution < 1.29 is 19.1 Å². The SMILES string of the molecule is CCOC(=O)c1ccc(N2CCCN(C(=O)CCC(=O)c3ccccc3)CC2)nc1. The molecule has 0 atom stereocenters. The molecule has 158 valence electrons. The van der Waals surface area contributed by atoms with Crippen molar-refractivity contribution in [2.75, 3.05) is 37.7 Å². The summed E-state index contributed by atoms with van der Waals surface area (Å²) in [4.78, 5) is 44.9. The smallest absolute Gasteiger partial charge is 0.339 e. The Bertz CT molecular complexity index is 868. The molecule has 3 rings (SSSR count). The van der Waals surface area contributed by atoms with Gasteiger partial charge in [-0.3, -0.25) is 9.59 Å². The number of ether oxygens (including phenoxy) is 1. The fraction of sp³-hybridized carbons (Fsp3) is 0.391. The molecule has 2 aromatic rings. The Kier molecular flexibility index (Phi) is 7.54. The van der Waals surface area contributed by atoms with Crippen LogP contribution in [0.2, 0.25) is 0 Å². The van der Waals surface area contributed by atoms with Crippen molar-refractivity contribution in [3.05, 3.63) is 59.8 Å². The first-order chi connectivity index (χ1) is 14.6. The van der Waals surface area contributed by atoms with Crippen molar-refractivity contribution in [3.8, 4) is 0 Å². The van der Waals surface area contributed by atoms with E-state index < -0.39 is 0 Å². The van der Waals surface area contributed by atoms with Crippen LogP contribution in [0.15, 0.2) is 48.7 Å². The van der Waals surface area contributed by atoms with Crippen LogP contribution in [-0.4, -0.2) is 60.3 Å². The van der Waals surface area contributed by atoms with Crippen molar-refractivity contribution in [2.45, 2.75) is 26.2 Å². The summed E-state index contributed by atoms with van der Waals surface area (Å²) in [5, 5.41) is 0. The Labute approximate surface area is 176 Å². The minimum Gasteiger partial charge on any atom is -0.462 e. The van der Waals surface area contributed by atoms with Crippen molar-refractivity contribution in [2.24, 2.45) is 0 Å². The quantitative estimate of drug-likeness (QED) is 0.517. The molecule has 0 unspecified atom stereocenters. The molecule has 1 aromatic carbocycles. The Morgan fingerprint density at radius 1 is 0.933 bits per heavy atom. The number of amides is 1. The van der Waals surface area contributed by atoms with Crippen LogP contribution in [-0.2, 0) is 9.53 Å². The predicted molar refractivity (Wildman–Crippen MR) is 114 cm³/mol. The largest absolute Gasteiger partial charge is 0.462 e. The highest BCUT2D eigenvalue weighted by Crippen LogP contribution is 2.16. The molecule has 1 aliphatic heterocycles. The molecule has 7 heteroatoms. The molecular weight excluding hydrogens is 382 g/mol. The third kappa shape index (κ3) is 5.65. The first-order valence-electron chi connectivity index (χ1n) is 10.3.